The summed E-state index contributed by atoms with van der Waals surface area (Å²) in [6.07, 6.45) is -8.90. The van der Waals surface area contributed by atoms with Gasteiger partial charge in [-0.3, -0.25) is 28.8 Å². The maximum Gasteiger partial charge on any atom is 0.415 e. The zero-order chi connectivity index (χ0) is 75.2. The number of alkyl halides is 2. The molecule has 0 radical (unpaired) electrons. The smallest absolute Gasteiger partial charge is 0.415 e. The molecule has 14 N–H and O–H groups in total. The number of halogens is 2. The number of benzene rings is 5. The second-order valence-electron chi connectivity index (χ2n) is 28.4. The topological polar surface area (TPSA) is 417 Å². The number of carbonyl (C=O) groups is 9. The van der Waals surface area contributed by atoms with Gasteiger partial charge in [-0.1, -0.05) is 81.4 Å². The molecule has 5 aromatic rings. The van der Waals surface area contributed by atoms with Crippen molar-refractivity contribution >= 4 is 115 Å². The average Bonchev–Trinajstić information content (AvgIpc) is 0.906. The quantitative estimate of drug-likeness (QED) is 0.0169. The van der Waals surface area contributed by atoms with Gasteiger partial charge in [-0.15, -0.1) is 23.2 Å². The lowest BCUT2D eigenvalue weighted by Crippen LogP contribution is -2.73. The fraction of sp³-hybridized carbons (Fsp3) is 0.521. The Bertz CT molecular complexity index is 4020. The van der Waals surface area contributed by atoms with Crippen LogP contribution in [0.4, 0.5) is 31.4 Å². The van der Waals surface area contributed by atoms with E-state index in [1.165, 1.54) is 37.7 Å². The third kappa shape index (κ3) is 16.5. The van der Waals surface area contributed by atoms with E-state index in [9.17, 15) is 59.1 Å². The number of nitrogens with two attached hydrogens (primary N) is 2. The van der Waals surface area contributed by atoms with Crippen LogP contribution in [0.3, 0.4) is 0 Å². The molecule has 6 aliphatic rings. The minimum atomic E-state index is -1.93. The van der Waals surface area contributed by atoms with E-state index in [0.717, 1.165) is 21.9 Å². The van der Waals surface area contributed by atoms with Crippen molar-refractivity contribution in [1.29, 1.82) is 0 Å². The number of likely N-dealkylation sites (N-methyl/N-ethyl adjacent to an activating group) is 2. The number of rotatable bonds is 30. The van der Waals surface area contributed by atoms with Crippen LogP contribution in [0.2, 0.25) is 0 Å². The van der Waals surface area contributed by atoms with E-state index >= 15 is 9.59 Å². The summed E-state index contributed by atoms with van der Waals surface area (Å²) in [7, 11) is 3.02. The van der Waals surface area contributed by atoms with Crippen molar-refractivity contribution in [2.75, 3.05) is 80.2 Å². The minimum Gasteiger partial charge on any atom is -0.461 e. The number of urea groups is 1. The molecular weight excluding hydrogens is 1390 g/mol. The Morgan fingerprint density at radius 2 is 1.19 bits per heavy atom. The molecule has 29 nitrogen and oxygen atoms in total. The summed E-state index contributed by atoms with van der Waals surface area (Å²) in [5.41, 5.74) is 12.7. The van der Waals surface area contributed by atoms with Crippen molar-refractivity contribution in [3.8, 4) is 11.5 Å². The number of nitrogens with zero attached hydrogens (tertiary/aromatic N) is 4. The maximum atomic E-state index is 15.1. The highest BCUT2D eigenvalue weighted by Crippen LogP contribution is 2.75. The van der Waals surface area contributed by atoms with Crippen LogP contribution >= 0.6 is 23.2 Å². The van der Waals surface area contributed by atoms with Gasteiger partial charge in [0, 0.05) is 112 Å². The van der Waals surface area contributed by atoms with E-state index in [1.807, 2.05) is 30.3 Å². The predicted octanol–water partition coefficient (Wildman–Crippen LogP) is 4.68. The summed E-state index contributed by atoms with van der Waals surface area (Å²) in [6, 6.07) is 20.5. The van der Waals surface area contributed by atoms with Crippen molar-refractivity contribution in [3.63, 3.8) is 0 Å². The van der Waals surface area contributed by atoms with E-state index in [-0.39, 0.29) is 118 Å². The first-order valence-corrected chi connectivity index (χ1v) is 36.0. The van der Waals surface area contributed by atoms with Crippen molar-refractivity contribution < 1.29 is 87.6 Å². The third-order valence-electron chi connectivity index (χ3n) is 20.6. The highest BCUT2D eigenvalue weighted by Gasteiger charge is 2.76. The van der Waals surface area contributed by atoms with Gasteiger partial charge in [-0.2, -0.15) is 0 Å². The number of fused-ring (bicyclic) bond motifs is 6. The number of aliphatic hydroxyl groups is 5. The molecule has 562 valence electrons. The molecule has 31 heteroatoms. The first-order chi connectivity index (χ1) is 49.5. The van der Waals surface area contributed by atoms with Gasteiger partial charge in [-0.05, 0) is 103 Å². The highest BCUT2D eigenvalue weighted by atomic mass is 35.5. The summed E-state index contributed by atoms with van der Waals surface area (Å²) in [6.45, 7) is 7.00. The zero-order valence-electron chi connectivity index (χ0n) is 58.9. The van der Waals surface area contributed by atoms with Gasteiger partial charge in [0.25, 0.3) is 0 Å². The number of ether oxygens (including phenoxy) is 4. The van der Waals surface area contributed by atoms with Gasteiger partial charge >= 0.3 is 18.2 Å². The van der Waals surface area contributed by atoms with Crippen molar-refractivity contribution in [1.82, 2.24) is 31.1 Å². The molecule has 3 aliphatic carbocycles. The number of unbranched alkanes of at least 4 members (excludes halogenated alkanes) is 1. The molecule has 5 aromatic carbocycles. The number of hydrogen-bond donors (Lipinski definition) is 12. The Labute approximate surface area is 611 Å². The van der Waals surface area contributed by atoms with Crippen molar-refractivity contribution in [2.24, 2.45) is 34.1 Å². The Morgan fingerprint density at radius 3 is 1.72 bits per heavy atom. The summed E-state index contributed by atoms with van der Waals surface area (Å²) < 4.78 is 24.0. The fourth-order valence-electron chi connectivity index (χ4n) is 14.8. The highest BCUT2D eigenvalue weighted by molar-refractivity contribution is 6.20. The average molecular weight is 1480 g/mol. The zero-order valence-corrected chi connectivity index (χ0v) is 60.4. The number of hydrogen-bond acceptors (Lipinski definition) is 19. The van der Waals surface area contributed by atoms with Crippen LogP contribution in [-0.2, 0) is 44.8 Å². The monoisotopic (exact) mass is 1480 g/mol. The van der Waals surface area contributed by atoms with Gasteiger partial charge < -0.3 is 102 Å². The predicted molar refractivity (Wildman–Crippen MR) is 386 cm³/mol. The normalized spacial score (nSPS) is 23.3. The van der Waals surface area contributed by atoms with E-state index in [4.69, 9.17) is 53.6 Å². The molecule has 3 saturated carbocycles. The molecule has 0 spiro atoms. The van der Waals surface area contributed by atoms with Gasteiger partial charge in [0.05, 0.1) is 28.3 Å². The van der Waals surface area contributed by atoms with E-state index in [1.54, 1.807) is 78.2 Å². The Hall–Kier alpha value is -8.65. The molecule has 11 atom stereocenters. The van der Waals surface area contributed by atoms with Crippen LogP contribution < -0.4 is 57.3 Å². The van der Waals surface area contributed by atoms with Crippen LogP contribution in [0, 0.1) is 22.7 Å². The van der Waals surface area contributed by atoms with Crippen LogP contribution in [-0.4, -0.2) is 209 Å². The molecule has 10 unspecified atom stereocenters. The number of anilines is 3. The molecule has 0 aromatic heterocycles. The third-order valence-corrected chi connectivity index (χ3v) is 21.3. The lowest BCUT2D eigenvalue weighted by molar-refractivity contribution is -0.293. The van der Waals surface area contributed by atoms with Gasteiger partial charge in [0.1, 0.15) is 54.5 Å². The Kier molecular flexibility index (Phi) is 24.9. The summed E-state index contributed by atoms with van der Waals surface area (Å²) in [5.74, 6) is -4.02. The second-order valence-corrected chi connectivity index (χ2v) is 29.0. The molecule has 11 rings (SSSR count). The number of amides is 10. The lowest BCUT2D eigenvalue weighted by Gasteiger charge is -2.69. The Balaban J connectivity index is 0.745. The molecule has 4 fully saturated rings. The van der Waals surface area contributed by atoms with Crippen molar-refractivity contribution in [2.45, 2.75) is 153 Å². The first kappa shape index (κ1) is 78.0. The van der Waals surface area contributed by atoms with Gasteiger partial charge in [0.2, 0.25) is 41.7 Å². The SMILES string of the molecule is CC(=O)N[C@@H](CCCCN)C(=O)NC(C(=O)NC(CCCNC(N)=O)C(=O)Nc1ccc(COC(=O)N(C)CCN(C)C(=O)Oc2cc3c(c4ccccc24)C(CCl)CN3C(=O)C23CC(C(=O)N4CC(CCl)c5c4cc(OC4OC(C(C)C(O)O)C(O)C(O)C4O)c4ccccc54)(C2)C3)cc1)C(C)C. The minimum absolute atomic E-state index is 0.0178. The van der Waals surface area contributed by atoms with Crippen molar-refractivity contribution in [3.05, 3.63) is 102 Å². The maximum absolute atomic E-state index is 15.1. The van der Waals surface area contributed by atoms with Crippen LogP contribution in [0.15, 0.2) is 84.9 Å². The Morgan fingerprint density at radius 1 is 0.663 bits per heavy atom. The largest absolute Gasteiger partial charge is 0.461 e. The van der Waals surface area contributed by atoms with Gasteiger partial charge in [-0.25, -0.2) is 14.4 Å². The second kappa shape index (κ2) is 33.2. The molecule has 3 aliphatic heterocycles. The van der Waals surface area contributed by atoms with E-state index in [0.29, 0.717) is 59.2 Å². The molecule has 2 bridgehead atoms. The first-order valence-electron chi connectivity index (χ1n) is 35.0. The van der Waals surface area contributed by atoms with Crippen LogP contribution in [0.5, 0.6) is 11.5 Å². The molecule has 104 heavy (non-hydrogen) atoms. The molecule has 1 saturated heterocycles. The van der Waals surface area contributed by atoms with E-state index in [2.05, 4.69) is 26.6 Å². The van der Waals surface area contributed by atoms with Crippen LogP contribution in [0.25, 0.3) is 21.5 Å². The molecule has 10 amide bonds. The molecular formula is C73H93Cl2N11O18. The lowest BCUT2D eigenvalue weighted by atomic mass is 9.34. The van der Waals surface area contributed by atoms with Gasteiger partial charge in [0.15, 0.2) is 6.29 Å². The summed E-state index contributed by atoms with van der Waals surface area (Å²) >= 11 is 13.4. The van der Waals surface area contributed by atoms with E-state index < -0.39 is 120 Å². The molecule has 3 heterocycles. The number of nitrogens with one attached hydrogen (secondary N) is 5. The number of primary amides is 1. The standard InChI is InChI=1S/C73H93Cl2N11O18/c1-38(2)57(82-63(92)49(79-40(4)87)18-11-12-24-76)64(93)81-50(19-13-25-78-69(77)98)62(91)80-44-22-20-41(21-23-44)34-101-70(99)83(5)26-27-84(6)71(100)103-54-29-52-56(48-17-10-8-15-46(48)54)43(31-75)33-86(52)68(97)73-35-72(36-73,37-73)67(96)85-32-42(30-74)55-47-16-9-7-14-45(47)53(28-51(55)85)102-66-60(90)58(88)59(89)61(104-66)39(3)65(94)95/h7-10,14-17,20-23,28-29,38-39,42-43,49-50,57-61,65-66,88-90,94-95H,11-13,18-19,24-27,30-37,76H2,1-6H3,(H,79,87)(H,80,91)(H,81,93)(H,82,92)(H3,77,78,98)/t39?,42?,43?,49-,50?,57?,58?,59?,60?,61?,66?,72?,73?/m0/s1. The fourth-order valence-corrected chi connectivity index (χ4v) is 15.3. The number of aliphatic hydroxyl groups excluding tert-OH is 4. The summed E-state index contributed by atoms with van der Waals surface area (Å²) in [5, 5.41) is 68.6. The summed E-state index contributed by atoms with van der Waals surface area (Å²) in [4.78, 5) is 128. The van der Waals surface area contributed by atoms with Crippen LogP contribution in [0.1, 0.15) is 108 Å². The number of carbonyl (C=O) groups excluding carboxylic acids is 9.